The number of benzene rings is 2. The van der Waals surface area contributed by atoms with E-state index in [0.29, 0.717) is 23.1 Å². The second-order valence-electron chi connectivity index (χ2n) is 7.88. The van der Waals surface area contributed by atoms with E-state index >= 15 is 0 Å². The minimum absolute atomic E-state index is 0.104. The minimum Gasteiger partial charge on any atom is -0.339 e. The average Bonchev–Trinajstić information content (AvgIpc) is 3.21. The Hall–Kier alpha value is -2.71. The lowest BCUT2D eigenvalue weighted by Gasteiger charge is -2.35. The Morgan fingerprint density at radius 1 is 1.03 bits per heavy atom. The summed E-state index contributed by atoms with van der Waals surface area (Å²) in [6.07, 6.45) is 0. The molecule has 3 aromatic rings. The predicted octanol–water partition coefficient (Wildman–Crippen LogP) is 3.78. The van der Waals surface area contributed by atoms with Crippen LogP contribution in [0.1, 0.15) is 19.4 Å². The zero-order chi connectivity index (χ0) is 22.5. The van der Waals surface area contributed by atoms with Gasteiger partial charge < -0.3 is 9.80 Å². The molecule has 8 heteroatoms. The maximum absolute atomic E-state index is 14.5. The van der Waals surface area contributed by atoms with Crippen molar-refractivity contribution in [2.45, 2.75) is 30.8 Å². The number of thioether (sulfide) groups is 1. The first-order valence-corrected chi connectivity index (χ1v) is 11.8. The van der Waals surface area contributed by atoms with Crippen molar-refractivity contribution in [3.8, 4) is 11.4 Å². The quantitative estimate of drug-likeness (QED) is 0.510. The molecule has 0 saturated carbocycles. The number of halogens is 1. The number of amides is 1. The fraction of sp³-hybridized carbons (Fsp3) is 0.375. The van der Waals surface area contributed by atoms with Gasteiger partial charge in [-0.25, -0.2) is 4.39 Å². The van der Waals surface area contributed by atoms with Crippen LogP contribution in [0.5, 0.6) is 0 Å². The van der Waals surface area contributed by atoms with Gasteiger partial charge in [-0.05, 0) is 31.2 Å². The average molecular weight is 454 g/mol. The number of hydrogen-bond donors (Lipinski definition) is 0. The van der Waals surface area contributed by atoms with Crippen LogP contribution < -0.4 is 0 Å². The summed E-state index contributed by atoms with van der Waals surface area (Å²) in [5, 5.41) is 8.96. The van der Waals surface area contributed by atoms with Gasteiger partial charge in [0.1, 0.15) is 5.82 Å². The number of rotatable bonds is 7. The molecule has 1 unspecified atom stereocenters. The van der Waals surface area contributed by atoms with Crippen molar-refractivity contribution < 1.29 is 9.18 Å². The summed E-state index contributed by atoms with van der Waals surface area (Å²) in [6.45, 7) is 8.85. The smallest absolute Gasteiger partial charge is 0.235 e. The van der Waals surface area contributed by atoms with Gasteiger partial charge in [0.05, 0.1) is 17.4 Å². The van der Waals surface area contributed by atoms with Crippen LogP contribution in [0.2, 0.25) is 0 Å². The summed E-state index contributed by atoms with van der Waals surface area (Å²) >= 11 is 1.38. The van der Waals surface area contributed by atoms with Gasteiger partial charge in [-0.3, -0.25) is 9.36 Å². The lowest BCUT2D eigenvalue weighted by Crippen LogP contribution is -2.50. The molecule has 0 spiro atoms. The topological polar surface area (TPSA) is 54.3 Å². The normalized spacial score (nSPS) is 15.7. The van der Waals surface area contributed by atoms with Crippen molar-refractivity contribution >= 4 is 17.7 Å². The molecule has 0 bridgehead atoms. The van der Waals surface area contributed by atoms with E-state index in [9.17, 15) is 9.18 Å². The third kappa shape index (κ3) is 5.02. The first kappa shape index (κ1) is 22.5. The minimum atomic E-state index is -0.344. The summed E-state index contributed by atoms with van der Waals surface area (Å²) < 4.78 is 16.4. The molecule has 1 fully saturated rings. The molecule has 32 heavy (non-hydrogen) atoms. The standard InChI is InChI=1S/C24H28FN5OS/c1-3-28-13-15-29(16-14-28)23(31)18(2)32-24-27-26-22(20-11-7-8-12-21(20)25)30(24)17-19-9-5-4-6-10-19/h4-12,18H,3,13-17H2,1-2H3. The van der Waals surface area contributed by atoms with Crippen molar-refractivity contribution in [2.75, 3.05) is 32.7 Å². The molecule has 6 nitrogen and oxygen atoms in total. The van der Waals surface area contributed by atoms with Gasteiger partial charge in [0, 0.05) is 26.2 Å². The van der Waals surface area contributed by atoms with Crippen molar-refractivity contribution in [1.82, 2.24) is 24.6 Å². The number of nitrogens with zero attached hydrogens (tertiary/aromatic N) is 5. The zero-order valence-corrected chi connectivity index (χ0v) is 19.3. The van der Waals surface area contributed by atoms with Crippen LogP contribution in [0.15, 0.2) is 59.8 Å². The van der Waals surface area contributed by atoms with E-state index in [1.54, 1.807) is 18.2 Å². The second-order valence-corrected chi connectivity index (χ2v) is 9.19. The number of carbonyl (C=O) groups is 1. The lowest BCUT2D eigenvalue weighted by molar-refractivity contribution is -0.132. The molecule has 1 aliphatic rings. The third-order valence-electron chi connectivity index (χ3n) is 5.78. The van der Waals surface area contributed by atoms with Crippen molar-refractivity contribution in [3.63, 3.8) is 0 Å². The number of hydrogen-bond acceptors (Lipinski definition) is 5. The van der Waals surface area contributed by atoms with Gasteiger partial charge in [-0.15, -0.1) is 10.2 Å². The maximum atomic E-state index is 14.5. The van der Waals surface area contributed by atoms with Crippen LogP contribution in [0.25, 0.3) is 11.4 Å². The maximum Gasteiger partial charge on any atom is 0.235 e. The third-order valence-corrected chi connectivity index (χ3v) is 6.84. The van der Waals surface area contributed by atoms with Gasteiger partial charge >= 0.3 is 0 Å². The number of aromatic nitrogens is 3. The van der Waals surface area contributed by atoms with Gasteiger partial charge in [-0.1, -0.05) is 61.2 Å². The molecule has 1 aliphatic heterocycles. The fourth-order valence-electron chi connectivity index (χ4n) is 3.88. The summed E-state index contributed by atoms with van der Waals surface area (Å²) in [5.41, 5.74) is 1.46. The fourth-order valence-corrected chi connectivity index (χ4v) is 4.81. The van der Waals surface area contributed by atoms with Crippen molar-refractivity contribution in [1.29, 1.82) is 0 Å². The van der Waals surface area contributed by atoms with E-state index in [2.05, 4.69) is 22.0 Å². The van der Waals surface area contributed by atoms with Crippen LogP contribution in [0.4, 0.5) is 4.39 Å². The predicted molar refractivity (Wildman–Crippen MR) is 125 cm³/mol. The highest BCUT2D eigenvalue weighted by Gasteiger charge is 2.27. The highest BCUT2D eigenvalue weighted by atomic mass is 32.2. The Bertz CT molecular complexity index is 1050. The molecule has 1 aromatic heterocycles. The SMILES string of the molecule is CCN1CCN(C(=O)C(C)Sc2nnc(-c3ccccc3F)n2Cc2ccccc2)CC1. The van der Waals surface area contributed by atoms with Crippen LogP contribution in [-0.4, -0.2) is 68.4 Å². The highest BCUT2D eigenvalue weighted by molar-refractivity contribution is 8.00. The van der Waals surface area contributed by atoms with E-state index in [-0.39, 0.29) is 17.0 Å². The Balaban J connectivity index is 1.58. The first-order chi connectivity index (χ1) is 15.6. The number of piperazine rings is 1. The molecule has 0 N–H and O–H groups in total. The van der Waals surface area contributed by atoms with E-state index in [4.69, 9.17) is 0 Å². The van der Waals surface area contributed by atoms with E-state index < -0.39 is 0 Å². The summed E-state index contributed by atoms with van der Waals surface area (Å²) in [4.78, 5) is 17.3. The van der Waals surface area contributed by atoms with Crippen LogP contribution in [0.3, 0.4) is 0 Å². The number of carbonyl (C=O) groups excluding carboxylic acids is 1. The first-order valence-electron chi connectivity index (χ1n) is 11.0. The molecule has 168 valence electrons. The molecule has 1 saturated heterocycles. The monoisotopic (exact) mass is 453 g/mol. The molecule has 2 aromatic carbocycles. The Kier molecular flexibility index (Phi) is 7.22. The highest BCUT2D eigenvalue weighted by Crippen LogP contribution is 2.29. The van der Waals surface area contributed by atoms with E-state index in [1.807, 2.05) is 46.7 Å². The van der Waals surface area contributed by atoms with E-state index in [1.165, 1.54) is 17.8 Å². The Morgan fingerprint density at radius 2 is 1.72 bits per heavy atom. The molecule has 0 aliphatic carbocycles. The molecule has 4 rings (SSSR count). The molecule has 0 radical (unpaired) electrons. The van der Waals surface area contributed by atoms with Crippen molar-refractivity contribution in [3.05, 3.63) is 66.0 Å². The van der Waals surface area contributed by atoms with Gasteiger partial charge in [0.15, 0.2) is 11.0 Å². The molecular formula is C24H28FN5OS. The van der Waals surface area contributed by atoms with Crippen LogP contribution >= 0.6 is 11.8 Å². The van der Waals surface area contributed by atoms with Gasteiger partial charge in [-0.2, -0.15) is 0 Å². The van der Waals surface area contributed by atoms with E-state index in [0.717, 1.165) is 38.3 Å². The molecular weight excluding hydrogens is 425 g/mol. The second kappa shape index (κ2) is 10.3. The largest absolute Gasteiger partial charge is 0.339 e. The summed E-state index contributed by atoms with van der Waals surface area (Å²) in [5.74, 6) is 0.224. The van der Waals surface area contributed by atoms with Crippen molar-refractivity contribution in [2.24, 2.45) is 0 Å². The van der Waals surface area contributed by atoms with Gasteiger partial charge in [0.2, 0.25) is 5.91 Å². The summed E-state index contributed by atoms with van der Waals surface area (Å²) in [7, 11) is 0. The molecule has 1 amide bonds. The summed E-state index contributed by atoms with van der Waals surface area (Å²) in [6, 6.07) is 16.5. The Morgan fingerprint density at radius 3 is 2.41 bits per heavy atom. The Labute approximate surface area is 192 Å². The molecule has 1 atom stereocenters. The number of likely N-dealkylation sites (N-methyl/N-ethyl adjacent to an activating group) is 1. The van der Waals surface area contributed by atoms with Gasteiger partial charge in [0.25, 0.3) is 0 Å². The lowest BCUT2D eigenvalue weighted by atomic mass is 10.2. The zero-order valence-electron chi connectivity index (χ0n) is 18.4. The van der Waals surface area contributed by atoms with Crippen LogP contribution in [0, 0.1) is 5.82 Å². The van der Waals surface area contributed by atoms with Crippen LogP contribution in [-0.2, 0) is 11.3 Å². The molecule has 2 heterocycles.